The Hall–Kier alpha value is -2.15. The number of aromatic nitrogens is 2. The van der Waals surface area contributed by atoms with Gasteiger partial charge in [0.25, 0.3) is 0 Å². The minimum atomic E-state index is -3.31. The van der Waals surface area contributed by atoms with Crippen molar-refractivity contribution in [3.05, 3.63) is 36.5 Å². The van der Waals surface area contributed by atoms with E-state index >= 15 is 0 Å². The van der Waals surface area contributed by atoms with Crippen LogP contribution >= 0.6 is 0 Å². The van der Waals surface area contributed by atoms with E-state index in [0.717, 1.165) is 17.5 Å². The lowest BCUT2D eigenvalue weighted by atomic mass is 10.1. The van der Waals surface area contributed by atoms with Crippen LogP contribution in [0.5, 0.6) is 0 Å². The fraction of sp³-hybridized carbons (Fsp3) is 0.167. The Balaban J connectivity index is 2.05. The van der Waals surface area contributed by atoms with Gasteiger partial charge in [-0.3, -0.25) is 9.89 Å². The van der Waals surface area contributed by atoms with Crippen LogP contribution in [0.3, 0.4) is 0 Å². The molecule has 2 aromatic rings. The second kappa shape index (κ2) is 5.23. The van der Waals surface area contributed by atoms with Gasteiger partial charge in [0.15, 0.2) is 9.84 Å². The van der Waals surface area contributed by atoms with Crippen LogP contribution in [-0.2, 0) is 14.6 Å². The van der Waals surface area contributed by atoms with Gasteiger partial charge in [0.05, 0.1) is 5.69 Å². The fourth-order valence-electron chi connectivity index (χ4n) is 1.58. The highest BCUT2D eigenvalue weighted by Gasteiger charge is 2.10. The highest BCUT2D eigenvalue weighted by Crippen LogP contribution is 2.18. The van der Waals surface area contributed by atoms with Gasteiger partial charge in [-0.1, -0.05) is 12.1 Å². The van der Waals surface area contributed by atoms with E-state index in [-0.39, 0.29) is 0 Å². The third kappa shape index (κ3) is 3.92. The molecule has 0 aliphatic rings. The van der Waals surface area contributed by atoms with Gasteiger partial charge >= 0.3 is 0 Å². The quantitative estimate of drug-likeness (QED) is 0.875. The zero-order valence-corrected chi connectivity index (χ0v) is 11.1. The van der Waals surface area contributed by atoms with Crippen LogP contribution < -0.4 is 5.32 Å². The molecular weight excluding hydrogens is 266 g/mol. The SMILES string of the molecule is CS(=O)(=O)CC(=O)Nc1ccc(-c2ccn[nH]2)cc1. The first-order chi connectivity index (χ1) is 8.94. The van der Waals surface area contributed by atoms with Crippen molar-refractivity contribution in [2.75, 3.05) is 17.3 Å². The van der Waals surface area contributed by atoms with Gasteiger partial charge in [-0.15, -0.1) is 0 Å². The maximum Gasteiger partial charge on any atom is 0.239 e. The summed E-state index contributed by atoms with van der Waals surface area (Å²) in [6.07, 6.45) is 2.67. The molecule has 1 aromatic carbocycles. The number of hydrogen-bond donors (Lipinski definition) is 2. The van der Waals surface area contributed by atoms with E-state index in [1.165, 1.54) is 0 Å². The van der Waals surface area contributed by atoms with Crippen molar-refractivity contribution in [2.45, 2.75) is 0 Å². The van der Waals surface area contributed by atoms with Crippen molar-refractivity contribution in [1.29, 1.82) is 0 Å². The van der Waals surface area contributed by atoms with Crippen molar-refractivity contribution < 1.29 is 13.2 Å². The zero-order valence-electron chi connectivity index (χ0n) is 10.3. The molecular formula is C12H13N3O3S. The topological polar surface area (TPSA) is 91.9 Å². The van der Waals surface area contributed by atoms with Crippen LogP contribution in [0.15, 0.2) is 36.5 Å². The largest absolute Gasteiger partial charge is 0.325 e. The van der Waals surface area contributed by atoms with E-state index in [9.17, 15) is 13.2 Å². The molecule has 0 unspecified atom stereocenters. The lowest BCUT2D eigenvalue weighted by molar-refractivity contribution is -0.113. The third-order valence-electron chi connectivity index (χ3n) is 2.37. The van der Waals surface area contributed by atoms with Gasteiger partial charge in [-0.25, -0.2) is 8.42 Å². The molecule has 0 saturated heterocycles. The molecule has 0 radical (unpaired) electrons. The Morgan fingerprint density at radius 3 is 2.47 bits per heavy atom. The molecule has 100 valence electrons. The number of nitrogens with zero attached hydrogens (tertiary/aromatic N) is 1. The Bertz CT molecular complexity index is 661. The molecule has 1 heterocycles. The van der Waals surface area contributed by atoms with E-state index in [0.29, 0.717) is 5.69 Å². The van der Waals surface area contributed by atoms with E-state index in [1.807, 2.05) is 18.2 Å². The number of benzene rings is 1. The van der Waals surface area contributed by atoms with E-state index in [2.05, 4.69) is 15.5 Å². The highest BCUT2D eigenvalue weighted by atomic mass is 32.2. The summed E-state index contributed by atoms with van der Waals surface area (Å²) in [7, 11) is -3.31. The summed E-state index contributed by atoms with van der Waals surface area (Å²) < 4.78 is 21.9. The van der Waals surface area contributed by atoms with Crippen LogP contribution in [0.4, 0.5) is 5.69 Å². The average molecular weight is 279 g/mol. The van der Waals surface area contributed by atoms with E-state index < -0.39 is 21.5 Å². The number of carbonyl (C=O) groups is 1. The standard InChI is InChI=1S/C12H13N3O3S/c1-19(17,18)8-12(16)14-10-4-2-9(3-5-10)11-6-7-13-15-11/h2-7H,8H2,1H3,(H,13,15)(H,14,16). The maximum atomic E-state index is 11.4. The average Bonchev–Trinajstić information content (AvgIpc) is 2.80. The van der Waals surface area contributed by atoms with Gasteiger partial charge in [-0.2, -0.15) is 5.10 Å². The number of anilines is 1. The van der Waals surface area contributed by atoms with Crippen molar-refractivity contribution in [3.8, 4) is 11.3 Å². The molecule has 0 aliphatic carbocycles. The number of amides is 1. The summed E-state index contributed by atoms with van der Waals surface area (Å²) in [5, 5.41) is 9.20. The lowest BCUT2D eigenvalue weighted by Gasteiger charge is -2.05. The Kier molecular flexibility index (Phi) is 3.66. The number of H-pyrrole nitrogens is 1. The molecule has 0 atom stereocenters. The Morgan fingerprint density at radius 1 is 1.26 bits per heavy atom. The number of aromatic amines is 1. The first-order valence-corrected chi connectivity index (χ1v) is 7.57. The monoisotopic (exact) mass is 279 g/mol. The molecule has 0 spiro atoms. The molecule has 2 N–H and O–H groups in total. The first-order valence-electron chi connectivity index (χ1n) is 5.51. The minimum absolute atomic E-state index is 0.519. The zero-order chi connectivity index (χ0) is 13.9. The van der Waals surface area contributed by atoms with Crippen LogP contribution in [0.2, 0.25) is 0 Å². The van der Waals surface area contributed by atoms with Crippen LogP contribution in [0.25, 0.3) is 11.3 Å². The molecule has 0 fully saturated rings. The first kappa shape index (κ1) is 13.3. The predicted octanol–water partition coefficient (Wildman–Crippen LogP) is 1.06. The van der Waals surface area contributed by atoms with Crippen molar-refractivity contribution in [1.82, 2.24) is 10.2 Å². The van der Waals surface area contributed by atoms with E-state index in [4.69, 9.17) is 0 Å². The maximum absolute atomic E-state index is 11.4. The Morgan fingerprint density at radius 2 is 1.95 bits per heavy atom. The van der Waals surface area contributed by atoms with Crippen molar-refractivity contribution in [3.63, 3.8) is 0 Å². The Labute approximate surface area is 110 Å². The minimum Gasteiger partial charge on any atom is -0.325 e. The summed E-state index contributed by atoms with van der Waals surface area (Å²) in [6.45, 7) is 0. The molecule has 0 bridgehead atoms. The molecule has 6 nitrogen and oxygen atoms in total. The van der Waals surface area contributed by atoms with Crippen LogP contribution in [0, 0.1) is 0 Å². The van der Waals surface area contributed by atoms with Gasteiger partial charge < -0.3 is 5.32 Å². The normalized spacial score (nSPS) is 11.2. The summed E-state index contributed by atoms with van der Waals surface area (Å²) in [5.74, 6) is -1.06. The molecule has 2 rings (SSSR count). The second-order valence-electron chi connectivity index (χ2n) is 4.17. The van der Waals surface area contributed by atoms with Crippen molar-refractivity contribution in [2.24, 2.45) is 0 Å². The smallest absolute Gasteiger partial charge is 0.239 e. The van der Waals surface area contributed by atoms with Crippen molar-refractivity contribution >= 4 is 21.4 Å². The summed E-state index contributed by atoms with van der Waals surface area (Å²) >= 11 is 0. The van der Waals surface area contributed by atoms with Gasteiger partial charge in [-0.05, 0) is 23.8 Å². The second-order valence-corrected chi connectivity index (χ2v) is 6.31. The molecule has 1 aromatic heterocycles. The number of carbonyl (C=O) groups excluding carboxylic acids is 1. The third-order valence-corrected chi connectivity index (χ3v) is 3.16. The van der Waals surface area contributed by atoms with Gasteiger partial charge in [0.2, 0.25) is 5.91 Å². The lowest BCUT2D eigenvalue weighted by Crippen LogP contribution is -2.21. The van der Waals surface area contributed by atoms with E-state index in [1.54, 1.807) is 18.3 Å². The molecule has 1 amide bonds. The molecule has 7 heteroatoms. The molecule has 0 saturated carbocycles. The summed E-state index contributed by atoms with van der Waals surface area (Å²) in [6, 6.07) is 8.86. The number of sulfone groups is 1. The molecule has 19 heavy (non-hydrogen) atoms. The van der Waals surface area contributed by atoms with Gasteiger partial charge in [0.1, 0.15) is 5.75 Å². The number of hydrogen-bond acceptors (Lipinski definition) is 4. The van der Waals surface area contributed by atoms with Crippen LogP contribution in [-0.4, -0.2) is 36.5 Å². The van der Waals surface area contributed by atoms with Crippen LogP contribution in [0.1, 0.15) is 0 Å². The number of rotatable bonds is 4. The summed E-state index contributed by atoms with van der Waals surface area (Å²) in [5.41, 5.74) is 2.35. The predicted molar refractivity (Wildman–Crippen MR) is 72.4 cm³/mol. The molecule has 0 aliphatic heterocycles. The van der Waals surface area contributed by atoms with Gasteiger partial charge in [0, 0.05) is 18.1 Å². The highest BCUT2D eigenvalue weighted by molar-refractivity contribution is 7.91. The number of nitrogens with one attached hydrogen (secondary N) is 2. The fourth-order valence-corrected chi connectivity index (χ4v) is 2.13. The summed E-state index contributed by atoms with van der Waals surface area (Å²) in [4.78, 5) is 11.4.